The van der Waals surface area contributed by atoms with E-state index in [-0.39, 0.29) is 17.2 Å². The van der Waals surface area contributed by atoms with Gasteiger partial charge in [-0.2, -0.15) is 0 Å². The van der Waals surface area contributed by atoms with Gasteiger partial charge in [0, 0.05) is 60.1 Å². The smallest absolute Gasteiger partial charge is 0.265 e. The Morgan fingerprint density at radius 1 is 0.833 bits per heavy atom. The molecule has 0 radical (unpaired) electrons. The Morgan fingerprint density at radius 2 is 1.57 bits per heavy atom. The number of para-hydroxylation sites is 2. The summed E-state index contributed by atoms with van der Waals surface area (Å²) in [5, 5.41) is 5.34. The Morgan fingerprint density at radius 3 is 2.33 bits per heavy atom. The summed E-state index contributed by atoms with van der Waals surface area (Å²) < 4.78 is 33.9. The normalized spacial score (nSPS) is 16.2. The lowest BCUT2D eigenvalue weighted by Crippen LogP contribution is -2.59. The number of pyridine rings is 1. The molecule has 0 atom stereocenters. The van der Waals surface area contributed by atoms with E-state index in [1.165, 1.54) is 17.4 Å². The van der Waals surface area contributed by atoms with Crippen LogP contribution in [0.4, 0.5) is 31.7 Å². The van der Waals surface area contributed by atoms with E-state index in [2.05, 4.69) is 15.5 Å². The van der Waals surface area contributed by atoms with Crippen molar-refractivity contribution in [1.29, 1.82) is 0 Å². The fourth-order valence-corrected chi connectivity index (χ4v) is 8.29. The van der Waals surface area contributed by atoms with Gasteiger partial charge in [-0.1, -0.05) is 24.3 Å². The molecule has 3 amide bonds. The molecule has 12 heteroatoms. The van der Waals surface area contributed by atoms with Gasteiger partial charge in [0.15, 0.2) is 0 Å². The molecule has 0 aliphatic carbocycles. The highest BCUT2D eigenvalue weighted by Gasteiger charge is 2.45. The van der Waals surface area contributed by atoms with Crippen molar-refractivity contribution in [2.75, 3.05) is 53.3 Å². The molecule has 3 aliphatic rings. The zero-order chi connectivity index (χ0) is 37.4. The largest absolute Gasteiger partial charge is 0.381 e. The molecule has 8 rings (SSSR count). The number of hydrogen-bond donors (Lipinski definition) is 2. The third kappa shape index (κ3) is 7.02. The van der Waals surface area contributed by atoms with E-state index in [1.54, 1.807) is 41.3 Å². The number of hydrogen-bond acceptors (Lipinski definition) is 7. The molecule has 0 bridgehead atoms. The summed E-state index contributed by atoms with van der Waals surface area (Å²) in [5.41, 5.74) is 4.60. The average Bonchev–Trinajstić information content (AvgIpc) is 3.58. The maximum absolute atomic E-state index is 14.2. The van der Waals surface area contributed by atoms with Gasteiger partial charge in [0.25, 0.3) is 17.7 Å². The Hall–Kier alpha value is -5.72. The highest BCUT2D eigenvalue weighted by molar-refractivity contribution is 7.15. The summed E-state index contributed by atoms with van der Waals surface area (Å²) in [6.07, 6.45) is 4.53. The third-order valence-corrected chi connectivity index (χ3v) is 11.5. The van der Waals surface area contributed by atoms with Gasteiger partial charge in [-0.3, -0.25) is 14.4 Å². The number of nitrogens with one attached hydrogen (secondary N) is 2. The van der Waals surface area contributed by atoms with E-state index >= 15 is 0 Å². The molecular formula is C42H37F2N5O4S. The molecule has 2 fully saturated rings. The van der Waals surface area contributed by atoms with Crippen LogP contribution in [0.5, 0.6) is 0 Å². The average molecular weight is 746 g/mol. The fourth-order valence-electron chi connectivity index (χ4n) is 7.34. The summed E-state index contributed by atoms with van der Waals surface area (Å²) in [6.45, 7) is 5.54. The predicted molar refractivity (Wildman–Crippen MR) is 207 cm³/mol. The molecule has 5 heterocycles. The van der Waals surface area contributed by atoms with E-state index < -0.39 is 23.2 Å². The number of rotatable bonds is 7. The van der Waals surface area contributed by atoms with Crippen LogP contribution in [0.25, 0.3) is 11.6 Å². The van der Waals surface area contributed by atoms with Crippen LogP contribution in [0, 0.1) is 24.0 Å². The quantitative estimate of drug-likeness (QED) is 0.173. The Balaban J connectivity index is 0.948. The molecule has 2 saturated heterocycles. The number of anilines is 4. The second-order valence-electron chi connectivity index (χ2n) is 14.0. The van der Waals surface area contributed by atoms with Gasteiger partial charge in [-0.15, -0.1) is 11.3 Å². The molecular weight excluding hydrogens is 709 g/mol. The first-order valence-electron chi connectivity index (χ1n) is 17.9. The number of carbonyl (C=O) groups excluding carboxylic acids is 3. The number of amides is 3. The van der Waals surface area contributed by atoms with E-state index in [9.17, 15) is 23.2 Å². The van der Waals surface area contributed by atoms with Gasteiger partial charge in [0.1, 0.15) is 23.1 Å². The van der Waals surface area contributed by atoms with Crippen molar-refractivity contribution >= 4 is 63.6 Å². The Labute approximate surface area is 315 Å². The van der Waals surface area contributed by atoms with E-state index in [0.717, 1.165) is 78.7 Å². The number of carbonyl (C=O) groups is 3. The second kappa shape index (κ2) is 14.6. The van der Waals surface area contributed by atoms with Crippen LogP contribution in [0.15, 0.2) is 91.0 Å². The predicted octanol–water partition coefficient (Wildman–Crippen LogP) is 8.44. The fraction of sp³-hybridized carbons (Fsp3) is 0.238. The van der Waals surface area contributed by atoms with Gasteiger partial charge in [-0.25, -0.2) is 13.8 Å². The van der Waals surface area contributed by atoms with Gasteiger partial charge in [0.2, 0.25) is 0 Å². The van der Waals surface area contributed by atoms with Crippen LogP contribution >= 0.6 is 11.3 Å². The SMILES string of the molecule is Cc1ccc(C(=O)Nc2ccc(C(=O)N3CCC(c4ccc(C(=O)Nc5c(F)cccc5F)s4)=Cc4ccccc43)cc2)c(N2CC3(CCOCC3)C2)n1. The first-order valence-corrected chi connectivity index (χ1v) is 18.7. The van der Waals surface area contributed by atoms with Crippen molar-refractivity contribution in [2.45, 2.75) is 26.2 Å². The van der Waals surface area contributed by atoms with Crippen molar-refractivity contribution in [3.63, 3.8) is 0 Å². The number of aromatic nitrogens is 1. The molecule has 0 unspecified atom stereocenters. The van der Waals surface area contributed by atoms with Gasteiger partial charge in [-0.05, 0) is 110 Å². The van der Waals surface area contributed by atoms with Crippen LogP contribution in [-0.2, 0) is 4.74 Å². The van der Waals surface area contributed by atoms with E-state index in [0.29, 0.717) is 40.5 Å². The molecule has 2 aromatic heterocycles. The van der Waals surface area contributed by atoms with Crippen LogP contribution < -0.4 is 20.4 Å². The third-order valence-electron chi connectivity index (χ3n) is 10.3. The Kier molecular flexibility index (Phi) is 9.55. The van der Waals surface area contributed by atoms with Crippen LogP contribution in [0.1, 0.15) is 65.8 Å². The molecule has 5 aromatic rings. The number of ether oxygens (including phenoxy) is 1. The number of fused-ring (bicyclic) bond motifs is 1. The standard InChI is InChI=1S/C42H37F2N5O4S/c1-26-9-14-31(38(45-26)48-24-42(25-48)18-21-53-22-19-42)39(50)46-30-12-10-27(11-13-30)41(52)49-20-17-29(23-28-5-2-3-8-34(28)49)35-15-16-36(54-35)40(51)47-37-32(43)6-4-7-33(37)44/h2-16,23H,17-22,24-25H2,1H3,(H,46,50)(H,47,51). The molecule has 3 aromatic carbocycles. The first-order chi connectivity index (χ1) is 26.2. The van der Waals surface area contributed by atoms with E-state index in [1.807, 2.05) is 49.4 Å². The Bertz CT molecular complexity index is 2270. The highest BCUT2D eigenvalue weighted by Crippen LogP contribution is 2.42. The summed E-state index contributed by atoms with van der Waals surface area (Å²) in [4.78, 5) is 50.3. The minimum Gasteiger partial charge on any atom is -0.381 e. The minimum absolute atomic E-state index is 0.196. The molecule has 1 spiro atoms. The topological polar surface area (TPSA) is 104 Å². The van der Waals surface area contributed by atoms with Crippen molar-refractivity contribution in [1.82, 2.24) is 4.98 Å². The maximum atomic E-state index is 14.2. The van der Waals surface area contributed by atoms with Crippen molar-refractivity contribution in [3.05, 3.63) is 135 Å². The number of benzene rings is 3. The zero-order valence-corrected chi connectivity index (χ0v) is 30.3. The van der Waals surface area contributed by atoms with Gasteiger partial charge >= 0.3 is 0 Å². The maximum Gasteiger partial charge on any atom is 0.265 e. The highest BCUT2D eigenvalue weighted by atomic mass is 32.1. The minimum atomic E-state index is -0.855. The summed E-state index contributed by atoms with van der Waals surface area (Å²) in [6, 6.07) is 25.0. The molecule has 2 N–H and O–H groups in total. The lowest BCUT2D eigenvalue weighted by atomic mass is 9.73. The van der Waals surface area contributed by atoms with Crippen molar-refractivity contribution in [2.24, 2.45) is 5.41 Å². The van der Waals surface area contributed by atoms with Crippen LogP contribution in [-0.4, -0.2) is 55.6 Å². The monoisotopic (exact) mass is 745 g/mol. The first kappa shape index (κ1) is 35.3. The number of nitrogens with zero attached hydrogens (tertiary/aromatic N) is 3. The van der Waals surface area contributed by atoms with Crippen LogP contribution in [0.2, 0.25) is 0 Å². The van der Waals surface area contributed by atoms with E-state index in [4.69, 9.17) is 9.72 Å². The second-order valence-corrected chi connectivity index (χ2v) is 15.1. The van der Waals surface area contributed by atoms with Gasteiger partial charge < -0.3 is 25.2 Å². The molecule has 54 heavy (non-hydrogen) atoms. The van der Waals surface area contributed by atoms with Crippen molar-refractivity contribution in [3.8, 4) is 0 Å². The molecule has 9 nitrogen and oxygen atoms in total. The van der Waals surface area contributed by atoms with Gasteiger partial charge in [0.05, 0.1) is 16.1 Å². The number of aryl methyl sites for hydroxylation is 1. The van der Waals surface area contributed by atoms with Crippen LogP contribution in [0.3, 0.4) is 0 Å². The summed E-state index contributed by atoms with van der Waals surface area (Å²) in [5.74, 6) is -2.10. The summed E-state index contributed by atoms with van der Waals surface area (Å²) in [7, 11) is 0. The molecule has 0 saturated carbocycles. The zero-order valence-electron chi connectivity index (χ0n) is 29.5. The number of halogens is 2. The molecule has 3 aliphatic heterocycles. The lowest BCUT2D eigenvalue weighted by molar-refractivity contribution is -0.000519. The van der Waals surface area contributed by atoms with Crippen molar-refractivity contribution < 1.29 is 27.9 Å². The molecule has 274 valence electrons. The number of thiophene rings is 1. The lowest BCUT2D eigenvalue weighted by Gasteiger charge is -2.53. The summed E-state index contributed by atoms with van der Waals surface area (Å²) >= 11 is 1.21.